The average molecular weight is 312 g/mol. The number of hydrogen-bond acceptors (Lipinski definition) is 5. The van der Waals surface area contributed by atoms with Gasteiger partial charge in [-0.3, -0.25) is 4.79 Å². The van der Waals surface area contributed by atoms with E-state index in [9.17, 15) is 9.90 Å². The zero-order valence-electron chi connectivity index (χ0n) is 13.1. The summed E-state index contributed by atoms with van der Waals surface area (Å²) in [5.41, 5.74) is 7.19. The van der Waals surface area contributed by atoms with Crippen LogP contribution in [0.15, 0.2) is 48.1 Å². The number of nitrogens with two attached hydrogens (primary N) is 1. The fraction of sp³-hybridized carbons (Fsp3) is 0.235. The number of aliphatic hydroxyl groups is 1. The predicted octanol–water partition coefficient (Wildman–Crippen LogP) is 2.77. The molecule has 0 aliphatic rings. The van der Waals surface area contributed by atoms with Gasteiger partial charge in [0.05, 0.1) is 0 Å². The van der Waals surface area contributed by atoms with Crippen LogP contribution in [0, 0.1) is 0 Å². The van der Waals surface area contributed by atoms with Crippen molar-refractivity contribution in [2.45, 2.75) is 26.3 Å². The first-order valence-corrected chi connectivity index (χ1v) is 7.42. The molecule has 3 N–H and O–H groups in total. The van der Waals surface area contributed by atoms with Crippen molar-refractivity contribution in [2.75, 3.05) is 5.73 Å². The molecule has 23 heavy (non-hydrogen) atoms. The van der Waals surface area contributed by atoms with E-state index < -0.39 is 0 Å². The fourth-order valence-corrected chi connectivity index (χ4v) is 2.19. The lowest BCUT2D eigenvalue weighted by Crippen LogP contribution is -2.18. The van der Waals surface area contributed by atoms with Gasteiger partial charge in [0.2, 0.25) is 5.95 Å². The first-order valence-electron chi connectivity index (χ1n) is 7.42. The Hall–Kier alpha value is -2.89. The number of unbranched alkanes of at least 4 members (excludes halogenated alkanes) is 1. The molecule has 0 spiro atoms. The molecular weight excluding hydrogens is 292 g/mol. The number of pyridine rings is 1. The van der Waals surface area contributed by atoms with Crippen LogP contribution >= 0.6 is 0 Å². The number of aliphatic hydroxyl groups excluding tert-OH is 1. The molecule has 0 aliphatic carbocycles. The summed E-state index contributed by atoms with van der Waals surface area (Å²) >= 11 is 0. The molecule has 0 fully saturated rings. The molecule has 0 saturated carbocycles. The van der Waals surface area contributed by atoms with E-state index in [2.05, 4.69) is 23.5 Å². The van der Waals surface area contributed by atoms with Gasteiger partial charge in [0.25, 0.3) is 5.56 Å². The third-order valence-electron chi connectivity index (χ3n) is 3.37. The summed E-state index contributed by atoms with van der Waals surface area (Å²) in [6.07, 6.45) is 8.08. The van der Waals surface area contributed by atoms with Gasteiger partial charge in [0.15, 0.2) is 0 Å². The Bertz CT molecular complexity index is 793. The average Bonchev–Trinajstić information content (AvgIpc) is 2.54. The van der Waals surface area contributed by atoms with E-state index in [-0.39, 0.29) is 17.3 Å². The number of anilines is 1. The van der Waals surface area contributed by atoms with Gasteiger partial charge in [-0.2, -0.15) is 0 Å². The molecule has 2 aromatic rings. The van der Waals surface area contributed by atoms with Gasteiger partial charge < -0.3 is 15.4 Å². The third-order valence-corrected chi connectivity index (χ3v) is 3.37. The van der Waals surface area contributed by atoms with Crippen molar-refractivity contribution in [1.82, 2.24) is 14.5 Å². The van der Waals surface area contributed by atoms with Gasteiger partial charge in [-0.05, 0) is 18.6 Å². The maximum Gasteiger partial charge on any atom is 0.250 e. The van der Waals surface area contributed by atoms with Crippen LogP contribution in [-0.2, 0) is 6.54 Å². The predicted molar refractivity (Wildman–Crippen MR) is 91.9 cm³/mol. The van der Waals surface area contributed by atoms with Crippen LogP contribution in [0.4, 0.5) is 5.95 Å². The maximum atomic E-state index is 11.9. The molecule has 2 aromatic heterocycles. The summed E-state index contributed by atoms with van der Waals surface area (Å²) < 4.78 is 1.65. The van der Waals surface area contributed by atoms with E-state index in [0.29, 0.717) is 17.8 Å². The van der Waals surface area contributed by atoms with Gasteiger partial charge in [-0.15, -0.1) is 0 Å². The van der Waals surface area contributed by atoms with Gasteiger partial charge in [-0.25, -0.2) is 9.97 Å². The number of allylic oxidation sites excluding steroid dienone is 2. The highest BCUT2D eigenvalue weighted by Crippen LogP contribution is 2.25. The number of nitrogen functional groups attached to an aromatic ring is 1. The van der Waals surface area contributed by atoms with E-state index >= 15 is 0 Å². The lowest BCUT2D eigenvalue weighted by atomic mass is 10.1. The van der Waals surface area contributed by atoms with E-state index in [1.165, 1.54) is 24.4 Å². The Morgan fingerprint density at radius 2 is 2.26 bits per heavy atom. The van der Waals surface area contributed by atoms with Gasteiger partial charge in [0.1, 0.15) is 11.5 Å². The third kappa shape index (κ3) is 3.85. The number of aromatic nitrogens is 3. The lowest BCUT2D eigenvalue weighted by molar-refractivity contribution is 0.509. The highest BCUT2D eigenvalue weighted by atomic mass is 16.3. The highest BCUT2D eigenvalue weighted by molar-refractivity contribution is 5.76. The van der Waals surface area contributed by atoms with Crippen LogP contribution in [-0.4, -0.2) is 19.6 Å². The Morgan fingerprint density at radius 3 is 2.96 bits per heavy atom. The van der Waals surface area contributed by atoms with Crippen LogP contribution in [0.2, 0.25) is 0 Å². The topological polar surface area (TPSA) is 94.0 Å². The number of aryl methyl sites for hydroxylation is 1. The molecule has 0 unspecified atom stereocenters. The minimum atomic E-state index is -0.0639. The maximum absolute atomic E-state index is 11.9. The van der Waals surface area contributed by atoms with Crippen LogP contribution in [0.5, 0.6) is 0 Å². The summed E-state index contributed by atoms with van der Waals surface area (Å²) in [6.45, 7) is 6.26. The second kappa shape index (κ2) is 7.40. The Balaban J connectivity index is 2.56. The summed E-state index contributed by atoms with van der Waals surface area (Å²) in [4.78, 5) is 20.0. The first-order chi connectivity index (χ1) is 11.1. The Morgan fingerprint density at radius 1 is 1.48 bits per heavy atom. The molecule has 120 valence electrons. The van der Waals surface area contributed by atoms with Gasteiger partial charge in [0, 0.05) is 36.1 Å². The quantitative estimate of drug-likeness (QED) is 0.632. The van der Waals surface area contributed by atoms with Crippen molar-refractivity contribution in [2.24, 2.45) is 0 Å². The zero-order valence-corrected chi connectivity index (χ0v) is 13.1. The molecule has 6 nitrogen and oxygen atoms in total. The summed E-state index contributed by atoms with van der Waals surface area (Å²) in [5.74, 6) is 0.00229. The number of nitrogens with zero attached hydrogens (tertiary/aromatic N) is 3. The minimum absolute atomic E-state index is 0.0598. The number of rotatable bonds is 6. The SMILES string of the molecule is C=C/C=C(\O)c1nc(N)ncc1-c1ccc(=O)n(CCCC)c1. The Labute approximate surface area is 134 Å². The molecule has 0 saturated heterocycles. The fourth-order valence-electron chi connectivity index (χ4n) is 2.19. The molecule has 0 radical (unpaired) electrons. The van der Waals surface area contributed by atoms with Crippen molar-refractivity contribution in [1.29, 1.82) is 0 Å². The molecular formula is C17H20N4O2. The molecule has 6 heteroatoms. The minimum Gasteiger partial charge on any atom is -0.506 e. The molecule has 0 amide bonds. The van der Waals surface area contributed by atoms with Gasteiger partial charge in [-0.1, -0.05) is 26.0 Å². The second-order valence-electron chi connectivity index (χ2n) is 5.08. The van der Waals surface area contributed by atoms with Gasteiger partial charge >= 0.3 is 0 Å². The van der Waals surface area contributed by atoms with Crippen LogP contribution < -0.4 is 11.3 Å². The summed E-state index contributed by atoms with van der Waals surface area (Å²) in [5, 5.41) is 10.1. The van der Waals surface area contributed by atoms with E-state index in [1.807, 2.05) is 0 Å². The molecule has 0 atom stereocenters. The molecule has 2 rings (SSSR count). The van der Waals surface area contributed by atoms with Crippen LogP contribution in [0.25, 0.3) is 16.9 Å². The normalized spacial score (nSPS) is 11.4. The second-order valence-corrected chi connectivity index (χ2v) is 5.08. The molecule has 0 aliphatic heterocycles. The van der Waals surface area contributed by atoms with Crippen molar-refractivity contribution < 1.29 is 5.11 Å². The van der Waals surface area contributed by atoms with Crippen LogP contribution in [0.1, 0.15) is 25.5 Å². The largest absolute Gasteiger partial charge is 0.506 e. The van der Waals surface area contributed by atoms with Crippen molar-refractivity contribution in [3.05, 3.63) is 59.3 Å². The zero-order chi connectivity index (χ0) is 16.8. The highest BCUT2D eigenvalue weighted by Gasteiger charge is 2.13. The van der Waals surface area contributed by atoms with Crippen molar-refractivity contribution in [3.8, 4) is 11.1 Å². The Kier molecular flexibility index (Phi) is 5.30. The smallest absolute Gasteiger partial charge is 0.250 e. The number of hydrogen-bond donors (Lipinski definition) is 2. The molecule has 0 bridgehead atoms. The van der Waals surface area contributed by atoms with E-state index in [1.54, 1.807) is 16.8 Å². The van der Waals surface area contributed by atoms with Crippen molar-refractivity contribution in [3.63, 3.8) is 0 Å². The summed E-state index contributed by atoms with van der Waals surface area (Å²) in [6, 6.07) is 3.18. The monoisotopic (exact) mass is 312 g/mol. The lowest BCUT2D eigenvalue weighted by Gasteiger charge is -2.11. The summed E-state index contributed by atoms with van der Waals surface area (Å²) in [7, 11) is 0. The standard InChI is InChI=1S/C17H20N4O2/c1-3-5-9-21-11-12(7-8-15(21)23)13-10-19-17(18)20-16(13)14(22)6-4-2/h4,6-8,10-11,22H,2-3,5,9H2,1H3,(H2,18,19,20)/b14-6-. The van der Waals surface area contributed by atoms with Crippen LogP contribution in [0.3, 0.4) is 0 Å². The first kappa shape index (κ1) is 16.5. The molecule has 2 heterocycles. The van der Waals surface area contributed by atoms with E-state index in [0.717, 1.165) is 18.4 Å². The van der Waals surface area contributed by atoms with Crippen molar-refractivity contribution >= 4 is 11.7 Å². The van der Waals surface area contributed by atoms with E-state index in [4.69, 9.17) is 5.73 Å². The molecule has 0 aromatic carbocycles.